The number of piperidine rings is 1. The fraction of sp³-hybridized carbons (Fsp3) is 0.857. The summed E-state index contributed by atoms with van der Waals surface area (Å²) in [6.45, 7) is 8.41. The fourth-order valence-corrected chi connectivity index (χ4v) is 2.18. The molecule has 5 nitrogen and oxygen atoms in total. The number of hydrogen-bond acceptors (Lipinski definition) is 3. The van der Waals surface area contributed by atoms with E-state index < -0.39 is 6.04 Å². The summed E-state index contributed by atoms with van der Waals surface area (Å²) in [7, 11) is 0. The summed E-state index contributed by atoms with van der Waals surface area (Å²) in [6.07, 6.45) is 2.73. The molecule has 1 saturated heterocycles. The molecule has 1 rings (SSSR count). The predicted octanol–water partition coefficient (Wildman–Crippen LogP) is 0.653. The molecule has 0 bridgehead atoms. The molecule has 0 spiro atoms. The molecule has 5 heteroatoms. The summed E-state index contributed by atoms with van der Waals surface area (Å²) in [4.78, 5) is 23.6. The minimum absolute atomic E-state index is 0.0269. The first-order chi connectivity index (χ1) is 8.99. The molecule has 1 aliphatic heterocycles. The maximum absolute atomic E-state index is 11.8. The highest BCUT2D eigenvalue weighted by Gasteiger charge is 2.20. The Morgan fingerprint density at radius 3 is 2.63 bits per heavy atom. The average molecular weight is 269 g/mol. The molecular weight excluding hydrogens is 242 g/mol. The van der Waals surface area contributed by atoms with Crippen LogP contribution in [0.25, 0.3) is 0 Å². The second-order valence-corrected chi connectivity index (χ2v) is 5.84. The summed E-state index contributed by atoms with van der Waals surface area (Å²) >= 11 is 0. The van der Waals surface area contributed by atoms with Crippen molar-refractivity contribution in [1.82, 2.24) is 16.0 Å². The van der Waals surface area contributed by atoms with Gasteiger partial charge in [0, 0.05) is 13.0 Å². The summed E-state index contributed by atoms with van der Waals surface area (Å²) in [6, 6.07) is -0.456. The number of nitrogens with one attached hydrogen (secondary N) is 3. The zero-order chi connectivity index (χ0) is 14.3. The van der Waals surface area contributed by atoms with Crippen LogP contribution in [0.1, 0.15) is 40.0 Å². The lowest BCUT2D eigenvalue weighted by Gasteiger charge is -2.23. The van der Waals surface area contributed by atoms with Crippen LogP contribution in [0.5, 0.6) is 0 Å². The summed E-state index contributed by atoms with van der Waals surface area (Å²) in [5.74, 6) is 0.685. The van der Waals surface area contributed by atoms with E-state index in [1.807, 2.05) is 13.8 Å². The Bertz CT molecular complexity index is 299. The highest BCUT2D eigenvalue weighted by molar-refractivity contribution is 5.87. The number of hydrogen-bond donors (Lipinski definition) is 3. The van der Waals surface area contributed by atoms with Gasteiger partial charge in [0.05, 0.1) is 0 Å². The molecule has 2 unspecified atom stereocenters. The van der Waals surface area contributed by atoms with E-state index in [1.165, 1.54) is 0 Å². The van der Waals surface area contributed by atoms with Gasteiger partial charge in [0.15, 0.2) is 0 Å². The van der Waals surface area contributed by atoms with Gasteiger partial charge >= 0.3 is 0 Å². The molecule has 0 aliphatic carbocycles. The first-order valence-electron chi connectivity index (χ1n) is 7.26. The van der Waals surface area contributed by atoms with Crippen molar-refractivity contribution in [2.24, 2.45) is 11.8 Å². The SMILES string of the molecule is CC(C)CNC(=O)C(C)NC(=O)CC1CCCNC1. The minimum atomic E-state index is -0.456. The van der Waals surface area contributed by atoms with Gasteiger partial charge in [-0.2, -0.15) is 0 Å². The van der Waals surface area contributed by atoms with Gasteiger partial charge in [-0.3, -0.25) is 9.59 Å². The number of carbonyl (C=O) groups excluding carboxylic acids is 2. The molecule has 2 atom stereocenters. The highest BCUT2D eigenvalue weighted by Crippen LogP contribution is 2.13. The molecule has 0 aromatic carbocycles. The quantitative estimate of drug-likeness (QED) is 0.663. The van der Waals surface area contributed by atoms with Gasteiger partial charge in [-0.05, 0) is 44.7 Å². The number of carbonyl (C=O) groups is 2. The first kappa shape index (κ1) is 16.0. The zero-order valence-corrected chi connectivity index (χ0v) is 12.3. The Hall–Kier alpha value is -1.10. The van der Waals surface area contributed by atoms with Crippen molar-refractivity contribution in [2.75, 3.05) is 19.6 Å². The van der Waals surface area contributed by atoms with Gasteiger partial charge < -0.3 is 16.0 Å². The van der Waals surface area contributed by atoms with Crippen LogP contribution >= 0.6 is 0 Å². The number of amides is 2. The van der Waals surface area contributed by atoms with E-state index in [1.54, 1.807) is 6.92 Å². The van der Waals surface area contributed by atoms with Crippen LogP contribution in [0.3, 0.4) is 0 Å². The van der Waals surface area contributed by atoms with E-state index in [9.17, 15) is 9.59 Å². The third-order valence-electron chi connectivity index (χ3n) is 3.33. The van der Waals surface area contributed by atoms with Gasteiger partial charge in [0.1, 0.15) is 6.04 Å². The van der Waals surface area contributed by atoms with Crippen molar-refractivity contribution in [3.63, 3.8) is 0 Å². The van der Waals surface area contributed by atoms with Crippen LogP contribution in [0.2, 0.25) is 0 Å². The fourth-order valence-electron chi connectivity index (χ4n) is 2.18. The van der Waals surface area contributed by atoms with E-state index in [4.69, 9.17) is 0 Å². The van der Waals surface area contributed by atoms with E-state index in [0.717, 1.165) is 25.9 Å². The molecule has 0 aromatic rings. The molecule has 1 fully saturated rings. The van der Waals surface area contributed by atoms with Crippen LogP contribution in [-0.4, -0.2) is 37.5 Å². The van der Waals surface area contributed by atoms with Gasteiger partial charge in [-0.25, -0.2) is 0 Å². The Labute approximate surface area is 115 Å². The van der Waals surface area contributed by atoms with Crippen LogP contribution in [-0.2, 0) is 9.59 Å². The lowest BCUT2D eigenvalue weighted by Crippen LogP contribution is -2.46. The maximum Gasteiger partial charge on any atom is 0.242 e. The van der Waals surface area contributed by atoms with Crippen LogP contribution in [0.15, 0.2) is 0 Å². The van der Waals surface area contributed by atoms with Crippen molar-refractivity contribution in [3.05, 3.63) is 0 Å². The molecule has 0 saturated carbocycles. The Balaban J connectivity index is 2.24. The van der Waals surface area contributed by atoms with E-state index in [0.29, 0.717) is 24.8 Å². The molecular formula is C14H27N3O2. The van der Waals surface area contributed by atoms with Crippen molar-refractivity contribution in [3.8, 4) is 0 Å². The Morgan fingerprint density at radius 2 is 2.05 bits per heavy atom. The lowest BCUT2D eigenvalue weighted by molar-refractivity contribution is -0.129. The van der Waals surface area contributed by atoms with Crippen LogP contribution in [0, 0.1) is 11.8 Å². The van der Waals surface area contributed by atoms with Crippen molar-refractivity contribution < 1.29 is 9.59 Å². The summed E-state index contributed by atoms with van der Waals surface area (Å²) in [5, 5.41) is 8.89. The van der Waals surface area contributed by atoms with E-state index in [2.05, 4.69) is 16.0 Å². The molecule has 110 valence electrons. The normalized spacial score (nSPS) is 20.9. The van der Waals surface area contributed by atoms with Crippen LogP contribution in [0.4, 0.5) is 0 Å². The monoisotopic (exact) mass is 269 g/mol. The third-order valence-corrected chi connectivity index (χ3v) is 3.33. The Kier molecular flexibility index (Phi) is 6.84. The lowest BCUT2D eigenvalue weighted by atomic mass is 9.96. The topological polar surface area (TPSA) is 70.2 Å². The Morgan fingerprint density at radius 1 is 1.32 bits per heavy atom. The van der Waals surface area contributed by atoms with Gasteiger partial charge in [0.25, 0.3) is 0 Å². The van der Waals surface area contributed by atoms with Gasteiger partial charge in [-0.1, -0.05) is 13.8 Å². The van der Waals surface area contributed by atoms with E-state index >= 15 is 0 Å². The van der Waals surface area contributed by atoms with Crippen molar-refractivity contribution >= 4 is 11.8 Å². The number of rotatable bonds is 6. The van der Waals surface area contributed by atoms with Crippen molar-refractivity contribution in [2.45, 2.75) is 46.1 Å². The molecule has 0 aromatic heterocycles. The third kappa shape index (κ3) is 6.57. The van der Waals surface area contributed by atoms with Crippen molar-refractivity contribution in [1.29, 1.82) is 0 Å². The summed E-state index contributed by atoms with van der Waals surface area (Å²) < 4.78 is 0. The molecule has 1 aliphatic rings. The van der Waals surface area contributed by atoms with Gasteiger partial charge in [0.2, 0.25) is 11.8 Å². The standard InChI is InChI=1S/C14H27N3O2/c1-10(2)8-16-14(19)11(3)17-13(18)7-12-5-4-6-15-9-12/h10-12,15H,4-9H2,1-3H3,(H,16,19)(H,17,18). The predicted molar refractivity (Wildman–Crippen MR) is 75.7 cm³/mol. The highest BCUT2D eigenvalue weighted by atomic mass is 16.2. The molecule has 1 heterocycles. The summed E-state index contributed by atoms with van der Waals surface area (Å²) in [5.41, 5.74) is 0. The van der Waals surface area contributed by atoms with Crippen LogP contribution < -0.4 is 16.0 Å². The molecule has 0 radical (unpaired) electrons. The smallest absolute Gasteiger partial charge is 0.242 e. The minimum Gasteiger partial charge on any atom is -0.354 e. The average Bonchev–Trinajstić information content (AvgIpc) is 2.36. The zero-order valence-electron chi connectivity index (χ0n) is 12.3. The van der Waals surface area contributed by atoms with E-state index in [-0.39, 0.29) is 11.8 Å². The van der Waals surface area contributed by atoms with Gasteiger partial charge in [-0.15, -0.1) is 0 Å². The largest absolute Gasteiger partial charge is 0.354 e. The first-order valence-corrected chi connectivity index (χ1v) is 7.26. The second kappa shape index (κ2) is 8.15. The molecule has 3 N–H and O–H groups in total. The molecule has 19 heavy (non-hydrogen) atoms. The molecule has 2 amide bonds. The maximum atomic E-state index is 11.8. The second-order valence-electron chi connectivity index (χ2n) is 5.84.